The first-order valence-corrected chi connectivity index (χ1v) is 7.34. The number of aromatic nitrogens is 2. The maximum absolute atomic E-state index is 12.4. The molecular weight excluding hydrogens is 256 g/mol. The van der Waals surface area contributed by atoms with Gasteiger partial charge in [0.05, 0.1) is 6.42 Å². The average Bonchev–Trinajstić information content (AvgIpc) is 3.01. The molecule has 1 aromatic heterocycles. The van der Waals surface area contributed by atoms with Gasteiger partial charge < -0.3 is 15.3 Å². The Labute approximate surface area is 117 Å². The maximum Gasteiger partial charge on any atom is 0.267 e. The van der Waals surface area contributed by atoms with Crippen LogP contribution < -0.4 is 10.9 Å². The zero-order chi connectivity index (χ0) is 14.2. The Balaban J connectivity index is 1.69. The van der Waals surface area contributed by atoms with Gasteiger partial charge >= 0.3 is 0 Å². The second-order valence-electron chi connectivity index (χ2n) is 6.21. The zero-order valence-corrected chi connectivity index (χ0v) is 11.9. The van der Waals surface area contributed by atoms with Crippen LogP contribution in [0.25, 0.3) is 0 Å². The molecule has 0 aromatic carbocycles. The highest BCUT2D eigenvalue weighted by Crippen LogP contribution is 2.35. The van der Waals surface area contributed by atoms with E-state index in [1.54, 1.807) is 0 Å². The van der Waals surface area contributed by atoms with E-state index in [1.165, 1.54) is 6.42 Å². The molecule has 0 bridgehead atoms. The highest BCUT2D eigenvalue weighted by Gasteiger charge is 2.39. The van der Waals surface area contributed by atoms with Crippen LogP contribution in [-0.2, 0) is 11.2 Å². The molecule has 0 saturated carbocycles. The van der Waals surface area contributed by atoms with Gasteiger partial charge in [0.15, 0.2) is 0 Å². The fourth-order valence-corrected chi connectivity index (χ4v) is 3.51. The van der Waals surface area contributed by atoms with Gasteiger partial charge in [-0.1, -0.05) is 0 Å². The van der Waals surface area contributed by atoms with Crippen molar-refractivity contribution in [2.45, 2.75) is 32.6 Å². The standard InChI is InChI=1S/C14H22N4O2/c1-10-11(13(20)17-16-10)7-12(19)18-6-2-3-14(9-18)4-5-15-8-14/h15H,2-9H2,1H3,(H2,16,17,20)/t14-/m1/s1. The minimum absolute atomic E-state index is 0.0733. The summed E-state index contributed by atoms with van der Waals surface area (Å²) in [5.41, 5.74) is 1.43. The number of likely N-dealkylation sites (tertiary alicyclic amines) is 1. The number of nitrogens with one attached hydrogen (secondary N) is 3. The van der Waals surface area contributed by atoms with Crippen LogP contribution >= 0.6 is 0 Å². The fourth-order valence-electron chi connectivity index (χ4n) is 3.51. The summed E-state index contributed by atoms with van der Waals surface area (Å²) in [7, 11) is 0. The van der Waals surface area contributed by atoms with E-state index in [0.717, 1.165) is 44.7 Å². The van der Waals surface area contributed by atoms with Crippen LogP contribution in [0, 0.1) is 12.3 Å². The van der Waals surface area contributed by atoms with E-state index < -0.39 is 0 Å². The molecule has 2 aliphatic heterocycles. The van der Waals surface area contributed by atoms with Crippen molar-refractivity contribution in [2.24, 2.45) is 5.41 Å². The van der Waals surface area contributed by atoms with Gasteiger partial charge in [0.1, 0.15) is 0 Å². The first kappa shape index (κ1) is 13.4. The molecule has 20 heavy (non-hydrogen) atoms. The molecule has 3 rings (SSSR count). The lowest BCUT2D eigenvalue weighted by Gasteiger charge is -2.40. The summed E-state index contributed by atoms with van der Waals surface area (Å²) in [5, 5.41) is 8.72. The number of carbonyl (C=O) groups is 1. The minimum Gasteiger partial charge on any atom is -0.342 e. The molecule has 2 saturated heterocycles. The van der Waals surface area contributed by atoms with Gasteiger partial charge in [-0.25, -0.2) is 0 Å². The second kappa shape index (κ2) is 5.09. The van der Waals surface area contributed by atoms with Crippen LogP contribution in [0.15, 0.2) is 4.79 Å². The number of carbonyl (C=O) groups excluding carboxylic acids is 1. The van der Waals surface area contributed by atoms with E-state index in [-0.39, 0.29) is 23.3 Å². The Morgan fingerprint density at radius 1 is 1.35 bits per heavy atom. The van der Waals surface area contributed by atoms with Gasteiger partial charge in [0.25, 0.3) is 5.56 Å². The van der Waals surface area contributed by atoms with Crippen LogP contribution in [0.2, 0.25) is 0 Å². The van der Waals surface area contributed by atoms with E-state index in [1.807, 2.05) is 11.8 Å². The van der Waals surface area contributed by atoms with Gasteiger partial charge in [-0.15, -0.1) is 0 Å². The highest BCUT2D eigenvalue weighted by molar-refractivity contribution is 5.79. The van der Waals surface area contributed by atoms with E-state index >= 15 is 0 Å². The number of amides is 1. The van der Waals surface area contributed by atoms with E-state index in [2.05, 4.69) is 15.5 Å². The van der Waals surface area contributed by atoms with Gasteiger partial charge in [0.2, 0.25) is 5.91 Å². The van der Waals surface area contributed by atoms with Crippen molar-refractivity contribution in [1.29, 1.82) is 0 Å². The summed E-state index contributed by atoms with van der Waals surface area (Å²) in [6, 6.07) is 0. The monoisotopic (exact) mass is 278 g/mol. The maximum atomic E-state index is 12.4. The number of nitrogens with zero attached hydrogens (tertiary/aromatic N) is 1. The van der Waals surface area contributed by atoms with Crippen LogP contribution in [0.1, 0.15) is 30.5 Å². The Hall–Kier alpha value is -1.56. The highest BCUT2D eigenvalue weighted by atomic mass is 16.2. The van der Waals surface area contributed by atoms with E-state index in [4.69, 9.17) is 0 Å². The van der Waals surface area contributed by atoms with Crippen molar-refractivity contribution >= 4 is 5.91 Å². The molecule has 3 N–H and O–H groups in total. The predicted molar refractivity (Wildman–Crippen MR) is 75.6 cm³/mol. The quantitative estimate of drug-likeness (QED) is 0.720. The van der Waals surface area contributed by atoms with E-state index in [9.17, 15) is 9.59 Å². The number of rotatable bonds is 2. The first-order valence-electron chi connectivity index (χ1n) is 7.34. The summed E-state index contributed by atoms with van der Waals surface area (Å²) >= 11 is 0. The van der Waals surface area contributed by atoms with Crippen molar-refractivity contribution in [3.8, 4) is 0 Å². The third kappa shape index (κ3) is 2.40. The van der Waals surface area contributed by atoms with Crippen molar-refractivity contribution in [1.82, 2.24) is 20.4 Å². The Bertz CT molecular complexity index is 554. The molecule has 0 unspecified atom stereocenters. The molecule has 1 amide bonds. The van der Waals surface area contributed by atoms with Crippen LogP contribution in [0.5, 0.6) is 0 Å². The number of aryl methyl sites for hydroxylation is 1. The number of hydrogen-bond donors (Lipinski definition) is 3. The Morgan fingerprint density at radius 3 is 2.85 bits per heavy atom. The molecule has 1 atom stereocenters. The zero-order valence-electron chi connectivity index (χ0n) is 11.9. The van der Waals surface area contributed by atoms with Gasteiger partial charge in [-0.3, -0.25) is 14.7 Å². The Kier molecular flexibility index (Phi) is 3.41. The molecule has 6 heteroatoms. The molecular formula is C14H22N4O2. The SMILES string of the molecule is Cc1[nH][nH]c(=O)c1CC(=O)N1CCC[C@]2(CCNC2)C1. The molecule has 2 fully saturated rings. The second-order valence-corrected chi connectivity index (χ2v) is 6.21. The van der Waals surface area contributed by atoms with Gasteiger partial charge in [0, 0.05) is 36.3 Å². The third-order valence-corrected chi connectivity index (χ3v) is 4.76. The van der Waals surface area contributed by atoms with Crippen LogP contribution in [-0.4, -0.2) is 47.2 Å². The van der Waals surface area contributed by atoms with Crippen LogP contribution in [0.4, 0.5) is 0 Å². The van der Waals surface area contributed by atoms with E-state index in [0.29, 0.717) is 5.56 Å². The summed E-state index contributed by atoms with van der Waals surface area (Å²) in [6.07, 6.45) is 3.62. The fraction of sp³-hybridized carbons (Fsp3) is 0.714. The number of aromatic amines is 2. The number of hydrogen-bond acceptors (Lipinski definition) is 3. The van der Waals surface area contributed by atoms with Crippen molar-refractivity contribution in [2.75, 3.05) is 26.2 Å². The summed E-state index contributed by atoms with van der Waals surface area (Å²) < 4.78 is 0. The topological polar surface area (TPSA) is 81.0 Å². The smallest absolute Gasteiger partial charge is 0.267 e. The van der Waals surface area contributed by atoms with Gasteiger partial charge in [-0.2, -0.15) is 0 Å². The third-order valence-electron chi connectivity index (χ3n) is 4.76. The molecule has 0 aliphatic carbocycles. The molecule has 1 aromatic rings. The van der Waals surface area contributed by atoms with Crippen LogP contribution in [0.3, 0.4) is 0 Å². The largest absolute Gasteiger partial charge is 0.342 e. The summed E-state index contributed by atoms with van der Waals surface area (Å²) in [4.78, 5) is 26.0. The minimum atomic E-state index is -0.176. The molecule has 1 spiro atoms. The molecule has 3 heterocycles. The summed E-state index contributed by atoms with van der Waals surface area (Å²) in [6.45, 7) is 5.54. The molecule has 6 nitrogen and oxygen atoms in total. The lowest BCUT2D eigenvalue weighted by atomic mass is 9.79. The molecule has 110 valence electrons. The predicted octanol–water partition coefficient (Wildman–Crippen LogP) is 0.156. The lowest BCUT2D eigenvalue weighted by molar-refractivity contribution is -0.133. The number of piperidine rings is 1. The summed E-state index contributed by atoms with van der Waals surface area (Å²) in [5.74, 6) is 0.0733. The number of H-pyrrole nitrogens is 2. The van der Waals surface area contributed by atoms with Crippen molar-refractivity contribution in [3.05, 3.63) is 21.6 Å². The first-order chi connectivity index (χ1) is 9.60. The molecule has 0 radical (unpaired) electrons. The molecule has 2 aliphatic rings. The van der Waals surface area contributed by atoms with Crippen molar-refractivity contribution in [3.63, 3.8) is 0 Å². The normalized spacial score (nSPS) is 26.4. The lowest BCUT2D eigenvalue weighted by Crippen LogP contribution is -2.47. The Morgan fingerprint density at radius 2 is 2.20 bits per heavy atom. The van der Waals surface area contributed by atoms with Crippen molar-refractivity contribution < 1.29 is 4.79 Å². The van der Waals surface area contributed by atoms with Gasteiger partial charge in [-0.05, 0) is 32.7 Å². The average molecular weight is 278 g/mol.